The molecule has 0 saturated heterocycles. The summed E-state index contributed by atoms with van der Waals surface area (Å²) in [6.45, 7) is 8.09. The molecule has 1 aromatic heterocycles. The summed E-state index contributed by atoms with van der Waals surface area (Å²) in [5, 5.41) is 17.5. The van der Waals surface area contributed by atoms with Crippen LogP contribution in [0.2, 0.25) is 0 Å². The average Bonchev–Trinajstić information content (AvgIpc) is 2.77. The molecule has 0 saturated carbocycles. The van der Waals surface area contributed by atoms with Crippen molar-refractivity contribution in [2.24, 2.45) is 0 Å². The Morgan fingerprint density at radius 2 is 2.00 bits per heavy atom. The van der Waals surface area contributed by atoms with Crippen LogP contribution in [0.3, 0.4) is 0 Å². The molecule has 0 unspecified atom stereocenters. The third-order valence-electron chi connectivity index (χ3n) is 3.33. The van der Waals surface area contributed by atoms with Crippen LogP contribution in [0.4, 0.5) is 5.69 Å². The van der Waals surface area contributed by atoms with Gasteiger partial charge in [-0.1, -0.05) is 26.7 Å². The van der Waals surface area contributed by atoms with Crippen molar-refractivity contribution in [1.29, 1.82) is 0 Å². The molecular weight excluding hydrogens is 254 g/mol. The Kier molecular flexibility index (Phi) is 6.20. The first kappa shape index (κ1) is 16.7. The molecule has 0 radical (unpaired) electrons. The quantitative estimate of drug-likeness (QED) is 0.769. The summed E-state index contributed by atoms with van der Waals surface area (Å²) < 4.78 is 1.79. The largest absolute Gasteiger partial charge is 0.389 e. The number of aliphatic hydroxyl groups is 1. The highest BCUT2D eigenvalue weighted by atomic mass is 16.3. The zero-order valence-electron chi connectivity index (χ0n) is 13.0. The Hall–Kier alpha value is -1.36. The maximum absolute atomic E-state index is 12.0. The van der Waals surface area contributed by atoms with E-state index >= 15 is 0 Å². The van der Waals surface area contributed by atoms with Gasteiger partial charge >= 0.3 is 0 Å². The smallest absolute Gasteiger partial charge is 0.227 e. The Morgan fingerprint density at radius 1 is 1.40 bits per heavy atom. The van der Waals surface area contributed by atoms with Crippen LogP contribution in [-0.2, 0) is 4.79 Å². The fraction of sp³-hybridized carbons (Fsp3) is 0.733. The predicted molar refractivity (Wildman–Crippen MR) is 80.6 cm³/mol. The van der Waals surface area contributed by atoms with E-state index < -0.39 is 5.60 Å². The highest BCUT2D eigenvalue weighted by Crippen LogP contribution is 2.24. The Labute approximate surface area is 121 Å². The van der Waals surface area contributed by atoms with E-state index in [-0.39, 0.29) is 18.4 Å². The van der Waals surface area contributed by atoms with Gasteiger partial charge in [-0.05, 0) is 26.7 Å². The van der Waals surface area contributed by atoms with E-state index in [1.54, 1.807) is 17.1 Å². The number of carbonyl (C=O) groups is 1. The number of carbonyl (C=O) groups excluding carboxylic acids is 1. The van der Waals surface area contributed by atoms with Gasteiger partial charge in [0.15, 0.2) is 0 Å². The van der Waals surface area contributed by atoms with Crippen LogP contribution in [0.15, 0.2) is 12.4 Å². The van der Waals surface area contributed by atoms with Gasteiger partial charge in [-0.15, -0.1) is 0 Å². The standard InChI is InChI=1S/C15H27N3O2/c1-5-7-15(20,8-6-2)9-14(19)17-13-10-16-18(11-13)12(3)4/h10-12,20H,5-9H2,1-4H3,(H,17,19). The average molecular weight is 281 g/mol. The molecule has 0 aromatic carbocycles. The third kappa shape index (κ3) is 4.96. The second-order valence-electron chi connectivity index (χ2n) is 5.75. The number of rotatable bonds is 8. The molecule has 0 atom stereocenters. The zero-order valence-corrected chi connectivity index (χ0v) is 13.0. The molecule has 5 heteroatoms. The fourth-order valence-electron chi connectivity index (χ4n) is 2.42. The van der Waals surface area contributed by atoms with Gasteiger partial charge in [0.1, 0.15) is 0 Å². The van der Waals surface area contributed by atoms with Crippen molar-refractivity contribution in [3.05, 3.63) is 12.4 Å². The highest BCUT2D eigenvalue weighted by molar-refractivity contribution is 5.91. The summed E-state index contributed by atoms with van der Waals surface area (Å²) in [5.41, 5.74) is -0.208. The van der Waals surface area contributed by atoms with Gasteiger partial charge in [-0.2, -0.15) is 5.10 Å². The van der Waals surface area contributed by atoms with E-state index in [9.17, 15) is 9.90 Å². The summed E-state index contributed by atoms with van der Waals surface area (Å²) in [6.07, 6.45) is 6.63. The molecule has 1 rings (SSSR count). The van der Waals surface area contributed by atoms with Crippen LogP contribution in [0, 0.1) is 0 Å². The number of nitrogens with zero attached hydrogens (tertiary/aromatic N) is 2. The monoisotopic (exact) mass is 281 g/mol. The molecule has 0 bridgehead atoms. The van der Waals surface area contributed by atoms with E-state index in [2.05, 4.69) is 10.4 Å². The Morgan fingerprint density at radius 3 is 2.45 bits per heavy atom. The lowest BCUT2D eigenvalue weighted by molar-refractivity contribution is -0.121. The van der Waals surface area contributed by atoms with Crippen molar-refractivity contribution >= 4 is 11.6 Å². The summed E-state index contributed by atoms with van der Waals surface area (Å²) in [7, 11) is 0. The second kappa shape index (κ2) is 7.43. The van der Waals surface area contributed by atoms with Gasteiger partial charge in [0, 0.05) is 12.2 Å². The minimum atomic E-state index is -0.887. The predicted octanol–water partition coefficient (Wildman–Crippen LogP) is 3.12. The Bertz CT molecular complexity index is 421. The number of aromatic nitrogens is 2. The summed E-state index contributed by atoms with van der Waals surface area (Å²) in [5.74, 6) is -0.155. The number of anilines is 1. The van der Waals surface area contributed by atoms with Crippen molar-refractivity contribution in [2.45, 2.75) is 71.4 Å². The molecule has 0 aliphatic rings. The zero-order chi connectivity index (χ0) is 15.2. The molecule has 0 spiro atoms. The van der Waals surface area contributed by atoms with Crippen LogP contribution in [0.5, 0.6) is 0 Å². The number of hydrogen-bond acceptors (Lipinski definition) is 3. The molecule has 1 amide bonds. The van der Waals surface area contributed by atoms with Gasteiger partial charge in [0.2, 0.25) is 5.91 Å². The van der Waals surface area contributed by atoms with E-state index in [1.807, 2.05) is 27.7 Å². The molecule has 1 heterocycles. The minimum absolute atomic E-state index is 0.140. The van der Waals surface area contributed by atoms with Gasteiger partial charge < -0.3 is 10.4 Å². The van der Waals surface area contributed by atoms with E-state index in [1.165, 1.54) is 0 Å². The third-order valence-corrected chi connectivity index (χ3v) is 3.33. The van der Waals surface area contributed by atoms with Crippen LogP contribution in [0.25, 0.3) is 0 Å². The normalized spacial score (nSPS) is 11.9. The second-order valence-corrected chi connectivity index (χ2v) is 5.75. The first-order chi connectivity index (χ1) is 9.40. The van der Waals surface area contributed by atoms with E-state index in [4.69, 9.17) is 0 Å². The summed E-state index contributed by atoms with van der Waals surface area (Å²) >= 11 is 0. The van der Waals surface area contributed by atoms with Gasteiger partial charge in [-0.25, -0.2) is 0 Å². The van der Waals surface area contributed by atoms with Crippen molar-refractivity contribution in [3.8, 4) is 0 Å². The lowest BCUT2D eigenvalue weighted by Gasteiger charge is -2.26. The van der Waals surface area contributed by atoms with E-state index in [0.717, 1.165) is 12.8 Å². The van der Waals surface area contributed by atoms with Gasteiger partial charge in [0.05, 0.1) is 23.9 Å². The highest BCUT2D eigenvalue weighted by Gasteiger charge is 2.28. The topological polar surface area (TPSA) is 67.2 Å². The van der Waals surface area contributed by atoms with Gasteiger partial charge in [0.25, 0.3) is 0 Å². The van der Waals surface area contributed by atoms with E-state index in [0.29, 0.717) is 18.5 Å². The van der Waals surface area contributed by atoms with Crippen LogP contribution >= 0.6 is 0 Å². The van der Waals surface area contributed by atoms with Crippen molar-refractivity contribution in [1.82, 2.24) is 9.78 Å². The Balaban J connectivity index is 2.60. The van der Waals surface area contributed by atoms with Crippen molar-refractivity contribution < 1.29 is 9.90 Å². The number of nitrogens with one attached hydrogen (secondary N) is 1. The van der Waals surface area contributed by atoms with Crippen LogP contribution < -0.4 is 5.32 Å². The molecule has 0 aliphatic carbocycles. The molecule has 2 N–H and O–H groups in total. The summed E-state index contributed by atoms with van der Waals surface area (Å²) in [4.78, 5) is 12.0. The molecule has 0 fully saturated rings. The molecule has 0 aliphatic heterocycles. The van der Waals surface area contributed by atoms with Crippen molar-refractivity contribution in [3.63, 3.8) is 0 Å². The molecule has 20 heavy (non-hydrogen) atoms. The molecule has 1 aromatic rings. The number of hydrogen-bond donors (Lipinski definition) is 2. The minimum Gasteiger partial charge on any atom is -0.389 e. The molecule has 114 valence electrons. The molecule has 5 nitrogen and oxygen atoms in total. The SMILES string of the molecule is CCCC(O)(CCC)CC(=O)Nc1cnn(C(C)C)c1. The maximum Gasteiger partial charge on any atom is 0.227 e. The van der Waals surface area contributed by atoms with Crippen LogP contribution in [-0.4, -0.2) is 26.4 Å². The van der Waals surface area contributed by atoms with Crippen molar-refractivity contribution in [2.75, 3.05) is 5.32 Å². The lowest BCUT2D eigenvalue weighted by atomic mass is 9.89. The fourth-order valence-corrected chi connectivity index (χ4v) is 2.42. The van der Waals surface area contributed by atoms with Gasteiger partial charge in [-0.3, -0.25) is 9.48 Å². The van der Waals surface area contributed by atoms with Crippen LogP contribution in [0.1, 0.15) is 65.8 Å². The first-order valence-electron chi connectivity index (χ1n) is 7.46. The number of amides is 1. The summed E-state index contributed by atoms with van der Waals surface area (Å²) in [6, 6.07) is 0.262. The maximum atomic E-state index is 12.0. The molecular formula is C15H27N3O2. The first-order valence-corrected chi connectivity index (χ1v) is 7.46. The lowest BCUT2D eigenvalue weighted by Crippen LogP contribution is -2.33.